The average Bonchev–Trinajstić information content (AvgIpc) is 3.25. The lowest BCUT2D eigenvalue weighted by molar-refractivity contribution is -0.127. The van der Waals surface area contributed by atoms with Gasteiger partial charge in [-0.1, -0.05) is 12.1 Å². The monoisotopic (exact) mass is 481 g/mol. The summed E-state index contributed by atoms with van der Waals surface area (Å²) in [5, 5.41) is 33.7. The molecule has 0 saturated heterocycles. The first-order valence-corrected chi connectivity index (χ1v) is 12.5. The van der Waals surface area contributed by atoms with Crippen LogP contribution in [0, 0.1) is 23.2 Å². The van der Waals surface area contributed by atoms with Gasteiger partial charge >= 0.3 is 0 Å². The van der Waals surface area contributed by atoms with Gasteiger partial charge in [0.15, 0.2) is 11.3 Å². The lowest BCUT2D eigenvalue weighted by atomic mass is 9.51. The smallest absolute Gasteiger partial charge is 0.179 e. The molecule has 182 valence electrons. The van der Waals surface area contributed by atoms with Crippen molar-refractivity contribution in [2.24, 2.45) is 11.8 Å². The average molecular weight is 482 g/mol. The van der Waals surface area contributed by atoms with E-state index in [2.05, 4.69) is 21.7 Å². The van der Waals surface area contributed by atoms with E-state index in [1.54, 1.807) is 11.6 Å². The van der Waals surface area contributed by atoms with Crippen LogP contribution in [0.1, 0.15) is 44.2 Å². The quantitative estimate of drug-likeness (QED) is 0.384. The number of nitrogens with one attached hydrogen (secondary N) is 2. The Morgan fingerprint density at radius 1 is 1.14 bits per heavy atom. The molecule has 36 heavy (non-hydrogen) atoms. The molecule has 2 atom stereocenters. The molecule has 0 aliphatic heterocycles. The van der Waals surface area contributed by atoms with Crippen molar-refractivity contribution >= 4 is 33.9 Å². The molecule has 4 bridgehead atoms. The lowest BCUT2D eigenvalue weighted by Gasteiger charge is -2.60. The van der Waals surface area contributed by atoms with E-state index in [9.17, 15) is 10.4 Å². The number of aliphatic hydroxyl groups is 1. The van der Waals surface area contributed by atoms with Gasteiger partial charge in [-0.05, 0) is 68.6 Å². The maximum Gasteiger partial charge on any atom is 0.179 e. The number of para-hydroxylation sites is 1. The molecule has 9 nitrogen and oxygen atoms in total. The fraction of sp³-hybridized carbons (Fsp3) is 0.407. The highest BCUT2D eigenvalue weighted by Crippen LogP contribution is 2.58. The Morgan fingerprint density at radius 2 is 1.97 bits per heavy atom. The fourth-order valence-electron chi connectivity index (χ4n) is 7.32. The van der Waals surface area contributed by atoms with Crippen molar-refractivity contribution in [1.29, 1.82) is 5.26 Å². The molecule has 3 N–H and O–H groups in total. The van der Waals surface area contributed by atoms with Gasteiger partial charge in [0, 0.05) is 17.0 Å². The van der Waals surface area contributed by atoms with Crippen LogP contribution in [-0.2, 0) is 0 Å². The second-order valence-corrected chi connectivity index (χ2v) is 10.9. The van der Waals surface area contributed by atoms with E-state index in [1.165, 1.54) is 12.6 Å². The van der Waals surface area contributed by atoms with Crippen LogP contribution in [0.4, 0.5) is 17.3 Å². The van der Waals surface area contributed by atoms with E-state index in [1.807, 2.05) is 36.4 Å². The molecule has 4 fully saturated rings. The van der Waals surface area contributed by atoms with Crippen LogP contribution >= 0.6 is 0 Å². The van der Waals surface area contributed by atoms with Crippen molar-refractivity contribution in [1.82, 2.24) is 19.6 Å². The van der Waals surface area contributed by atoms with Gasteiger partial charge in [0.05, 0.1) is 24.6 Å². The number of nitrogens with zero attached hydrogens (tertiary/aromatic N) is 5. The topological polar surface area (TPSA) is 120 Å². The molecule has 4 aliphatic carbocycles. The van der Waals surface area contributed by atoms with Gasteiger partial charge < -0.3 is 20.5 Å². The largest absolute Gasteiger partial charge is 0.494 e. The summed E-state index contributed by atoms with van der Waals surface area (Å²) in [4.78, 5) is 9.24. The zero-order valence-electron chi connectivity index (χ0n) is 20.0. The molecule has 3 aromatic heterocycles. The van der Waals surface area contributed by atoms with Crippen LogP contribution < -0.4 is 15.4 Å². The zero-order valence-corrected chi connectivity index (χ0v) is 20.0. The lowest BCUT2D eigenvalue weighted by Crippen LogP contribution is -2.62. The van der Waals surface area contributed by atoms with E-state index in [-0.39, 0.29) is 5.54 Å². The van der Waals surface area contributed by atoms with E-state index < -0.39 is 5.60 Å². The van der Waals surface area contributed by atoms with Crippen LogP contribution in [0.15, 0.2) is 42.6 Å². The SMILES string of the molecule is COc1cccc2ccc(Nc3cc(NC45CC6CC(CC(O)(C6)C4)C5)nn4c(C#N)cnc34)nc12. The summed E-state index contributed by atoms with van der Waals surface area (Å²) in [5.41, 5.74) is 1.59. The Morgan fingerprint density at radius 3 is 2.72 bits per heavy atom. The number of ether oxygens (including phenoxy) is 1. The first kappa shape index (κ1) is 21.4. The Balaban J connectivity index is 1.29. The van der Waals surface area contributed by atoms with Gasteiger partial charge in [-0.15, -0.1) is 5.10 Å². The summed E-state index contributed by atoms with van der Waals surface area (Å²) in [6, 6.07) is 13.8. The van der Waals surface area contributed by atoms with Gasteiger partial charge in [0.25, 0.3) is 0 Å². The number of aromatic nitrogens is 4. The Labute approximate surface area is 208 Å². The maximum atomic E-state index is 11.2. The molecule has 8 rings (SSSR count). The highest BCUT2D eigenvalue weighted by Gasteiger charge is 2.57. The van der Waals surface area contributed by atoms with Crippen molar-refractivity contribution in [2.75, 3.05) is 17.7 Å². The molecular formula is C27H27N7O2. The molecular weight excluding hydrogens is 454 g/mol. The predicted molar refractivity (Wildman–Crippen MR) is 135 cm³/mol. The summed E-state index contributed by atoms with van der Waals surface area (Å²) in [5.74, 6) is 3.08. The van der Waals surface area contributed by atoms with E-state index in [4.69, 9.17) is 14.8 Å². The Kier molecular flexibility index (Phi) is 4.48. The molecule has 4 aliphatic rings. The molecule has 0 amide bonds. The van der Waals surface area contributed by atoms with Crippen LogP contribution in [0.2, 0.25) is 0 Å². The second kappa shape index (κ2) is 7.55. The van der Waals surface area contributed by atoms with E-state index in [0.29, 0.717) is 46.2 Å². The van der Waals surface area contributed by atoms with Crippen molar-refractivity contribution in [2.45, 2.75) is 49.7 Å². The third-order valence-electron chi connectivity index (χ3n) is 8.17. The second-order valence-electron chi connectivity index (χ2n) is 10.9. The number of hydrogen-bond donors (Lipinski definition) is 3. The number of anilines is 3. The number of pyridine rings is 1. The van der Waals surface area contributed by atoms with Crippen LogP contribution in [-0.4, -0.2) is 42.9 Å². The predicted octanol–water partition coefficient (Wildman–Crippen LogP) is 4.40. The Hall–Kier alpha value is -3.90. The van der Waals surface area contributed by atoms with Crippen molar-refractivity contribution < 1.29 is 9.84 Å². The first-order valence-electron chi connectivity index (χ1n) is 12.5. The standard InChI is InChI=1S/C27H27N7O2/c1-36-21-4-2-3-18-5-6-22(31-24(18)21)30-20-8-23(33-34-19(13-28)14-29-25(20)34)32-26-9-16-7-17(10-26)12-27(35,11-16)15-26/h2-6,8,14,16-17,35H,7,9-12,15H2,1H3,(H,30,31)(H,32,33). The minimum Gasteiger partial charge on any atom is -0.494 e. The maximum absolute atomic E-state index is 11.2. The molecule has 9 heteroatoms. The summed E-state index contributed by atoms with van der Waals surface area (Å²) in [7, 11) is 1.63. The molecule has 4 saturated carbocycles. The number of benzene rings is 1. The van der Waals surface area contributed by atoms with E-state index >= 15 is 0 Å². The fourth-order valence-corrected chi connectivity index (χ4v) is 7.32. The minimum absolute atomic E-state index is 0.182. The third kappa shape index (κ3) is 3.36. The van der Waals surface area contributed by atoms with Crippen LogP contribution in [0.3, 0.4) is 0 Å². The molecule has 4 aromatic rings. The molecule has 2 unspecified atom stereocenters. The first-order chi connectivity index (χ1) is 17.4. The number of rotatable bonds is 5. The molecule has 0 spiro atoms. The minimum atomic E-state index is -0.580. The van der Waals surface area contributed by atoms with Gasteiger partial charge in [0.2, 0.25) is 0 Å². The third-order valence-corrected chi connectivity index (χ3v) is 8.17. The normalized spacial score (nSPS) is 28.4. The molecule has 1 aromatic carbocycles. The number of hydrogen-bond acceptors (Lipinski definition) is 8. The van der Waals surface area contributed by atoms with E-state index in [0.717, 1.165) is 43.0 Å². The number of imidazole rings is 1. The summed E-state index contributed by atoms with van der Waals surface area (Å²) < 4.78 is 7.07. The number of nitriles is 1. The summed E-state index contributed by atoms with van der Waals surface area (Å²) in [6.45, 7) is 0. The number of methoxy groups -OCH3 is 1. The number of fused-ring (bicyclic) bond motifs is 2. The highest BCUT2D eigenvalue weighted by molar-refractivity contribution is 5.87. The van der Waals surface area contributed by atoms with Crippen molar-refractivity contribution in [3.05, 3.63) is 48.3 Å². The molecule has 3 heterocycles. The highest BCUT2D eigenvalue weighted by atomic mass is 16.5. The van der Waals surface area contributed by atoms with Crippen LogP contribution in [0.25, 0.3) is 16.6 Å². The zero-order chi connectivity index (χ0) is 24.5. The van der Waals surface area contributed by atoms with Crippen LogP contribution in [0.5, 0.6) is 5.75 Å². The molecule has 0 radical (unpaired) electrons. The Bertz CT molecular complexity index is 1540. The van der Waals surface area contributed by atoms with Gasteiger partial charge in [-0.3, -0.25) is 0 Å². The van der Waals surface area contributed by atoms with Gasteiger partial charge in [0.1, 0.15) is 29.0 Å². The van der Waals surface area contributed by atoms with Crippen molar-refractivity contribution in [3.8, 4) is 11.8 Å². The van der Waals surface area contributed by atoms with Gasteiger partial charge in [-0.25, -0.2) is 9.97 Å². The summed E-state index contributed by atoms with van der Waals surface area (Å²) >= 11 is 0. The van der Waals surface area contributed by atoms with Gasteiger partial charge in [-0.2, -0.15) is 9.78 Å². The van der Waals surface area contributed by atoms with Crippen molar-refractivity contribution in [3.63, 3.8) is 0 Å². The summed E-state index contributed by atoms with van der Waals surface area (Å²) in [6.07, 6.45) is 7.36.